The van der Waals surface area contributed by atoms with Crippen LogP contribution < -0.4 is 16.2 Å². The van der Waals surface area contributed by atoms with Crippen LogP contribution in [-0.4, -0.2) is 51.9 Å². The van der Waals surface area contributed by atoms with Gasteiger partial charge in [0.25, 0.3) is 5.91 Å². The van der Waals surface area contributed by atoms with Gasteiger partial charge in [0.1, 0.15) is 11.6 Å². The number of nitrogens with one attached hydrogen (secondary N) is 3. The monoisotopic (exact) mass is 480 g/mol. The average molecular weight is 481 g/mol. The van der Waals surface area contributed by atoms with E-state index >= 15 is 0 Å². The first-order valence-corrected chi connectivity index (χ1v) is 12.2. The Morgan fingerprint density at radius 3 is 2.63 bits per heavy atom. The van der Waals surface area contributed by atoms with E-state index in [1.807, 2.05) is 11.5 Å². The Balaban J connectivity index is 1.70. The lowest BCUT2D eigenvalue weighted by Crippen LogP contribution is -2.41. The first-order valence-electron chi connectivity index (χ1n) is 12.2. The Kier molecular flexibility index (Phi) is 7.47. The molecule has 9 heteroatoms. The maximum atomic E-state index is 14.6. The number of carbonyl (C=O) groups excluding carboxylic acids is 2. The molecular weight excluding hydrogens is 447 g/mol. The molecule has 186 valence electrons. The van der Waals surface area contributed by atoms with E-state index in [9.17, 15) is 14.0 Å². The highest BCUT2D eigenvalue weighted by atomic mass is 19.1. The maximum Gasteiger partial charge on any atom is 0.253 e. The summed E-state index contributed by atoms with van der Waals surface area (Å²) in [6.07, 6.45) is 3.14. The molecule has 2 heterocycles. The van der Waals surface area contributed by atoms with Crippen molar-refractivity contribution in [3.8, 4) is 11.4 Å². The third kappa shape index (κ3) is 5.21. The molecule has 1 aromatic heterocycles. The van der Waals surface area contributed by atoms with Gasteiger partial charge in [0.2, 0.25) is 5.91 Å². The average Bonchev–Trinajstić information content (AvgIpc) is 3.42. The van der Waals surface area contributed by atoms with Crippen LogP contribution in [0.3, 0.4) is 0 Å². The third-order valence-electron chi connectivity index (χ3n) is 6.37. The minimum absolute atomic E-state index is 0.158. The van der Waals surface area contributed by atoms with Gasteiger partial charge >= 0.3 is 0 Å². The zero-order valence-electron chi connectivity index (χ0n) is 20.7. The molecule has 2 aromatic carbocycles. The number of rotatable bonds is 8. The van der Waals surface area contributed by atoms with Gasteiger partial charge in [0.05, 0.1) is 22.3 Å². The molecule has 0 saturated carbocycles. The van der Waals surface area contributed by atoms with Crippen molar-refractivity contribution in [2.45, 2.75) is 58.7 Å². The number of anilines is 1. The predicted molar refractivity (Wildman–Crippen MR) is 135 cm³/mol. The molecule has 0 bridgehead atoms. The predicted octanol–water partition coefficient (Wildman–Crippen LogP) is 3.93. The van der Waals surface area contributed by atoms with E-state index in [0.717, 1.165) is 19.3 Å². The summed E-state index contributed by atoms with van der Waals surface area (Å²) in [6.45, 7) is 6.57. The van der Waals surface area contributed by atoms with Crippen LogP contribution >= 0.6 is 0 Å². The second-order valence-electron chi connectivity index (χ2n) is 9.12. The number of fused-ring (bicyclic) bond motifs is 1. The van der Waals surface area contributed by atoms with E-state index in [4.69, 9.17) is 4.98 Å². The molecule has 2 unspecified atom stereocenters. The lowest BCUT2D eigenvalue weighted by Gasteiger charge is -2.21. The highest BCUT2D eigenvalue weighted by Crippen LogP contribution is 2.32. The molecule has 0 spiro atoms. The van der Waals surface area contributed by atoms with Crippen molar-refractivity contribution in [3.63, 3.8) is 0 Å². The molecule has 0 radical (unpaired) electrons. The molecule has 1 aliphatic heterocycles. The highest BCUT2D eigenvalue weighted by molar-refractivity contribution is 6.05. The van der Waals surface area contributed by atoms with E-state index in [0.29, 0.717) is 52.8 Å². The van der Waals surface area contributed by atoms with Crippen LogP contribution in [0.5, 0.6) is 0 Å². The van der Waals surface area contributed by atoms with Crippen molar-refractivity contribution in [1.29, 1.82) is 0 Å². The quantitative estimate of drug-likeness (QED) is 0.455. The number of carbonyl (C=O) groups is 2. The molecule has 1 aliphatic rings. The SMILES string of the molecule is CCCC1CC(CN(C)C(=O)c2cc(NC(C)=O)c3c(c2)nc(-c2ccccc2F)n3CC)NN1. The summed E-state index contributed by atoms with van der Waals surface area (Å²) in [5.41, 5.74) is 9.03. The van der Waals surface area contributed by atoms with Crippen LogP contribution in [0.2, 0.25) is 0 Å². The summed E-state index contributed by atoms with van der Waals surface area (Å²) in [6, 6.07) is 10.4. The summed E-state index contributed by atoms with van der Waals surface area (Å²) < 4.78 is 16.5. The van der Waals surface area contributed by atoms with E-state index in [2.05, 4.69) is 23.1 Å². The van der Waals surface area contributed by atoms with E-state index in [1.165, 1.54) is 13.0 Å². The second kappa shape index (κ2) is 10.5. The summed E-state index contributed by atoms with van der Waals surface area (Å²) in [7, 11) is 1.77. The fourth-order valence-corrected chi connectivity index (χ4v) is 4.82. The zero-order chi connectivity index (χ0) is 25.1. The van der Waals surface area contributed by atoms with Crippen molar-refractivity contribution in [2.24, 2.45) is 0 Å². The highest BCUT2D eigenvalue weighted by Gasteiger charge is 2.27. The van der Waals surface area contributed by atoms with Crippen LogP contribution in [0.4, 0.5) is 10.1 Å². The zero-order valence-corrected chi connectivity index (χ0v) is 20.7. The van der Waals surface area contributed by atoms with Crippen LogP contribution in [0.1, 0.15) is 50.4 Å². The Morgan fingerprint density at radius 1 is 1.20 bits per heavy atom. The molecule has 3 aromatic rings. The van der Waals surface area contributed by atoms with Crippen LogP contribution in [0.25, 0.3) is 22.4 Å². The normalized spacial score (nSPS) is 17.6. The van der Waals surface area contributed by atoms with Gasteiger partial charge in [0.15, 0.2) is 0 Å². The number of hydrazine groups is 1. The van der Waals surface area contributed by atoms with Crippen LogP contribution in [0.15, 0.2) is 36.4 Å². The molecule has 2 amide bonds. The fraction of sp³-hybridized carbons (Fsp3) is 0.423. The van der Waals surface area contributed by atoms with Gasteiger partial charge < -0.3 is 14.8 Å². The largest absolute Gasteiger partial charge is 0.340 e. The van der Waals surface area contributed by atoms with Gasteiger partial charge in [-0.15, -0.1) is 0 Å². The number of benzene rings is 2. The van der Waals surface area contributed by atoms with Gasteiger partial charge in [-0.2, -0.15) is 0 Å². The summed E-state index contributed by atoms with van der Waals surface area (Å²) in [4.78, 5) is 31.8. The number of aromatic nitrogens is 2. The number of amides is 2. The van der Waals surface area contributed by atoms with Gasteiger partial charge in [-0.1, -0.05) is 25.5 Å². The molecule has 2 atom stereocenters. The molecule has 3 N–H and O–H groups in total. The van der Waals surface area contributed by atoms with Gasteiger partial charge in [-0.05, 0) is 44.0 Å². The van der Waals surface area contributed by atoms with Crippen molar-refractivity contribution in [3.05, 3.63) is 47.8 Å². The van der Waals surface area contributed by atoms with E-state index in [1.54, 1.807) is 42.3 Å². The molecule has 0 aliphatic carbocycles. The second-order valence-corrected chi connectivity index (χ2v) is 9.12. The number of hydrogen-bond donors (Lipinski definition) is 3. The van der Waals surface area contributed by atoms with Crippen molar-refractivity contribution < 1.29 is 14.0 Å². The Labute approximate surface area is 204 Å². The number of nitrogens with zero attached hydrogens (tertiary/aromatic N) is 3. The fourth-order valence-electron chi connectivity index (χ4n) is 4.82. The van der Waals surface area contributed by atoms with Gasteiger partial charge in [-0.25, -0.2) is 9.37 Å². The molecule has 8 nitrogen and oxygen atoms in total. The first kappa shape index (κ1) is 24.8. The van der Waals surface area contributed by atoms with Gasteiger partial charge in [0, 0.05) is 44.7 Å². The van der Waals surface area contributed by atoms with Crippen LogP contribution in [-0.2, 0) is 11.3 Å². The topological polar surface area (TPSA) is 91.3 Å². The van der Waals surface area contributed by atoms with Crippen molar-refractivity contribution in [1.82, 2.24) is 25.3 Å². The van der Waals surface area contributed by atoms with Crippen LogP contribution in [0, 0.1) is 5.82 Å². The molecule has 4 rings (SSSR count). The first-order chi connectivity index (χ1) is 16.8. The van der Waals surface area contributed by atoms with E-state index < -0.39 is 0 Å². The number of likely N-dealkylation sites (N-methyl/N-ethyl adjacent to an activating group) is 1. The minimum atomic E-state index is -0.381. The number of halogens is 1. The molecular formula is C26H33FN6O2. The summed E-state index contributed by atoms with van der Waals surface area (Å²) >= 11 is 0. The van der Waals surface area contributed by atoms with Crippen molar-refractivity contribution in [2.75, 3.05) is 18.9 Å². The standard InChI is InChI=1S/C26H33FN6O2/c1-5-9-18-14-19(31-30-18)15-32(4)26(35)17-12-22(28-16(3)34)24-23(13-17)29-25(33(24)6-2)20-10-7-8-11-21(20)27/h7-8,10-13,18-19,30-31H,5-6,9,14-15H2,1-4H3,(H,28,34). The molecule has 1 saturated heterocycles. The van der Waals surface area contributed by atoms with Gasteiger partial charge in [-0.3, -0.25) is 20.4 Å². The lowest BCUT2D eigenvalue weighted by molar-refractivity contribution is -0.114. The lowest BCUT2D eigenvalue weighted by atomic mass is 10.1. The Hall–Kier alpha value is -3.30. The maximum absolute atomic E-state index is 14.6. The smallest absolute Gasteiger partial charge is 0.253 e. The minimum Gasteiger partial charge on any atom is -0.340 e. The Morgan fingerprint density at radius 2 is 1.94 bits per heavy atom. The molecule has 35 heavy (non-hydrogen) atoms. The summed E-state index contributed by atoms with van der Waals surface area (Å²) in [5, 5.41) is 2.84. The molecule has 1 fully saturated rings. The third-order valence-corrected chi connectivity index (χ3v) is 6.37. The number of hydrogen-bond acceptors (Lipinski definition) is 5. The van der Waals surface area contributed by atoms with Crippen molar-refractivity contribution >= 4 is 28.5 Å². The number of aryl methyl sites for hydroxylation is 1. The summed E-state index contributed by atoms with van der Waals surface area (Å²) in [5.74, 6) is -0.358. The Bertz CT molecular complexity index is 1240. The number of imidazole rings is 1. The van der Waals surface area contributed by atoms with E-state index in [-0.39, 0.29) is 23.7 Å².